The van der Waals surface area contributed by atoms with E-state index in [1.807, 2.05) is 26.0 Å². The lowest BCUT2D eigenvalue weighted by Gasteiger charge is -2.02. The fraction of sp³-hybridized carbons (Fsp3) is 0.429. The van der Waals surface area contributed by atoms with Gasteiger partial charge in [-0.25, -0.2) is 0 Å². The molecule has 1 nitrogen and oxygen atoms in total. The van der Waals surface area contributed by atoms with E-state index in [1.165, 1.54) is 0 Å². The van der Waals surface area contributed by atoms with Crippen molar-refractivity contribution in [2.45, 2.75) is 39.2 Å². The number of hydrogen-bond donors (Lipinski definition) is 1. The zero-order chi connectivity index (χ0) is 11.4. The molecular weight excluding hydrogens is 184 g/mol. The standard InChI is InChI=1S/C14H18O/c1-3-5-6-7-8-9-10-11-12-13-14(15)4-2/h3,5,10-11,14-15H,4,12-13H2,1-2H3/b5-3+,11-10+/t14-/m0/s1. The molecule has 0 fully saturated rings. The molecule has 15 heavy (non-hydrogen) atoms. The Morgan fingerprint density at radius 2 is 1.87 bits per heavy atom. The lowest BCUT2D eigenvalue weighted by Crippen LogP contribution is -2.02. The first-order valence-electron chi connectivity index (χ1n) is 5.26. The van der Waals surface area contributed by atoms with Gasteiger partial charge in [-0.15, -0.1) is 0 Å². The SMILES string of the molecule is C/C=C/C#CC#C/C=C/CC[C@@H](O)CC. The molecule has 0 amide bonds. The predicted molar refractivity (Wildman–Crippen MR) is 65.0 cm³/mol. The van der Waals surface area contributed by atoms with Gasteiger partial charge in [-0.1, -0.05) is 30.9 Å². The van der Waals surface area contributed by atoms with E-state index in [0.717, 1.165) is 19.3 Å². The van der Waals surface area contributed by atoms with E-state index >= 15 is 0 Å². The summed E-state index contributed by atoms with van der Waals surface area (Å²) in [5, 5.41) is 9.26. The quantitative estimate of drug-likeness (QED) is 0.695. The molecule has 0 aromatic heterocycles. The summed E-state index contributed by atoms with van der Waals surface area (Å²) in [6, 6.07) is 0. The number of aliphatic hydroxyl groups is 1. The van der Waals surface area contributed by atoms with Crippen LogP contribution in [0.1, 0.15) is 33.1 Å². The zero-order valence-corrected chi connectivity index (χ0v) is 9.46. The van der Waals surface area contributed by atoms with Crippen LogP contribution in [0.2, 0.25) is 0 Å². The smallest absolute Gasteiger partial charge is 0.0540 e. The highest BCUT2D eigenvalue weighted by Gasteiger charge is 1.96. The second-order valence-electron chi connectivity index (χ2n) is 3.08. The maximum atomic E-state index is 9.26. The van der Waals surface area contributed by atoms with Crippen molar-refractivity contribution in [3.63, 3.8) is 0 Å². The summed E-state index contributed by atoms with van der Waals surface area (Å²) in [4.78, 5) is 0. The average molecular weight is 202 g/mol. The van der Waals surface area contributed by atoms with Crippen LogP contribution in [0, 0.1) is 23.7 Å². The molecule has 1 atom stereocenters. The highest BCUT2D eigenvalue weighted by atomic mass is 16.3. The summed E-state index contributed by atoms with van der Waals surface area (Å²) in [6.45, 7) is 3.89. The van der Waals surface area contributed by atoms with Gasteiger partial charge in [0.15, 0.2) is 0 Å². The van der Waals surface area contributed by atoms with E-state index in [9.17, 15) is 5.11 Å². The minimum Gasteiger partial charge on any atom is -0.393 e. The fourth-order valence-electron chi connectivity index (χ4n) is 0.874. The first-order valence-corrected chi connectivity index (χ1v) is 5.26. The van der Waals surface area contributed by atoms with Gasteiger partial charge in [-0.2, -0.15) is 0 Å². The fourth-order valence-corrected chi connectivity index (χ4v) is 0.874. The van der Waals surface area contributed by atoms with Gasteiger partial charge < -0.3 is 5.11 Å². The molecule has 0 aromatic carbocycles. The van der Waals surface area contributed by atoms with Crippen molar-refractivity contribution in [2.24, 2.45) is 0 Å². The van der Waals surface area contributed by atoms with Crippen molar-refractivity contribution in [3.8, 4) is 23.7 Å². The third-order valence-corrected chi connectivity index (χ3v) is 1.80. The minimum absolute atomic E-state index is 0.183. The molecule has 1 N–H and O–H groups in total. The van der Waals surface area contributed by atoms with Gasteiger partial charge in [-0.05, 0) is 50.2 Å². The van der Waals surface area contributed by atoms with Crippen molar-refractivity contribution in [1.82, 2.24) is 0 Å². The van der Waals surface area contributed by atoms with E-state index in [4.69, 9.17) is 0 Å². The van der Waals surface area contributed by atoms with Gasteiger partial charge in [-0.3, -0.25) is 0 Å². The second-order valence-corrected chi connectivity index (χ2v) is 3.08. The van der Waals surface area contributed by atoms with Crippen LogP contribution in [0.15, 0.2) is 24.3 Å². The van der Waals surface area contributed by atoms with Gasteiger partial charge >= 0.3 is 0 Å². The molecule has 80 valence electrons. The van der Waals surface area contributed by atoms with Crippen LogP contribution in [0.25, 0.3) is 0 Å². The molecular formula is C14H18O. The van der Waals surface area contributed by atoms with E-state index in [0.29, 0.717) is 0 Å². The lowest BCUT2D eigenvalue weighted by atomic mass is 10.1. The number of hydrogen-bond acceptors (Lipinski definition) is 1. The molecule has 0 aliphatic rings. The topological polar surface area (TPSA) is 20.2 Å². The molecule has 0 spiro atoms. The highest BCUT2D eigenvalue weighted by Crippen LogP contribution is 2.00. The van der Waals surface area contributed by atoms with Gasteiger partial charge in [0.2, 0.25) is 0 Å². The number of rotatable bonds is 4. The first kappa shape index (κ1) is 13.6. The Morgan fingerprint density at radius 1 is 1.20 bits per heavy atom. The van der Waals surface area contributed by atoms with Crippen LogP contribution in [-0.4, -0.2) is 11.2 Å². The monoisotopic (exact) mass is 202 g/mol. The van der Waals surface area contributed by atoms with Gasteiger partial charge in [0.1, 0.15) is 0 Å². The van der Waals surface area contributed by atoms with E-state index in [-0.39, 0.29) is 6.10 Å². The molecule has 0 aromatic rings. The van der Waals surface area contributed by atoms with Crippen molar-refractivity contribution < 1.29 is 5.11 Å². The summed E-state index contributed by atoms with van der Waals surface area (Å²) in [5.74, 6) is 11.0. The minimum atomic E-state index is -0.183. The van der Waals surface area contributed by atoms with Crippen molar-refractivity contribution in [1.29, 1.82) is 0 Å². The van der Waals surface area contributed by atoms with Crippen LogP contribution in [0.4, 0.5) is 0 Å². The molecule has 0 aliphatic heterocycles. The maximum absolute atomic E-state index is 9.26. The van der Waals surface area contributed by atoms with Gasteiger partial charge in [0.05, 0.1) is 6.10 Å². The predicted octanol–water partition coefficient (Wildman–Crippen LogP) is 2.68. The summed E-state index contributed by atoms with van der Waals surface area (Å²) in [6.07, 6.45) is 9.68. The van der Waals surface area contributed by atoms with Crippen LogP contribution < -0.4 is 0 Å². The zero-order valence-electron chi connectivity index (χ0n) is 9.46. The molecule has 1 heteroatoms. The van der Waals surface area contributed by atoms with Crippen LogP contribution in [-0.2, 0) is 0 Å². The maximum Gasteiger partial charge on any atom is 0.0540 e. The largest absolute Gasteiger partial charge is 0.393 e. The third kappa shape index (κ3) is 10.5. The normalized spacial score (nSPS) is 11.9. The Labute approximate surface area is 92.9 Å². The molecule has 0 bridgehead atoms. The first-order chi connectivity index (χ1) is 7.31. The van der Waals surface area contributed by atoms with E-state index in [1.54, 1.807) is 12.2 Å². The molecule has 0 unspecified atom stereocenters. The number of aliphatic hydroxyl groups excluding tert-OH is 1. The summed E-state index contributed by atoms with van der Waals surface area (Å²) in [5.41, 5.74) is 0. The molecule has 0 rings (SSSR count). The summed E-state index contributed by atoms with van der Waals surface area (Å²) < 4.78 is 0. The summed E-state index contributed by atoms with van der Waals surface area (Å²) >= 11 is 0. The number of allylic oxidation sites excluding steroid dienone is 4. The van der Waals surface area contributed by atoms with Crippen LogP contribution in [0.3, 0.4) is 0 Å². The summed E-state index contributed by atoms with van der Waals surface area (Å²) in [7, 11) is 0. The Bertz CT molecular complexity index is 315. The molecule has 0 saturated carbocycles. The second kappa shape index (κ2) is 10.6. The highest BCUT2D eigenvalue weighted by molar-refractivity contribution is 5.33. The Balaban J connectivity index is 3.67. The Kier molecular flexibility index (Phi) is 9.62. The molecule has 0 heterocycles. The van der Waals surface area contributed by atoms with Crippen molar-refractivity contribution >= 4 is 0 Å². The van der Waals surface area contributed by atoms with Crippen LogP contribution >= 0.6 is 0 Å². The Hall–Kier alpha value is -1.44. The van der Waals surface area contributed by atoms with Crippen LogP contribution in [0.5, 0.6) is 0 Å². The van der Waals surface area contributed by atoms with Crippen molar-refractivity contribution in [3.05, 3.63) is 24.3 Å². The Morgan fingerprint density at radius 3 is 2.47 bits per heavy atom. The molecule has 0 aliphatic carbocycles. The van der Waals surface area contributed by atoms with Crippen molar-refractivity contribution in [2.75, 3.05) is 0 Å². The molecule has 0 saturated heterocycles. The van der Waals surface area contributed by atoms with Gasteiger partial charge in [0, 0.05) is 0 Å². The third-order valence-electron chi connectivity index (χ3n) is 1.80. The average Bonchev–Trinajstić information content (AvgIpc) is 2.26. The van der Waals surface area contributed by atoms with E-state index < -0.39 is 0 Å². The van der Waals surface area contributed by atoms with E-state index in [2.05, 4.69) is 23.7 Å². The van der Waals surface area contributed by atoms with Gasteiger partial charge in [0.25, 0.3) is 0 Å². The lowest BCUT2D eigenvalue weighted by molar-refractivity contribution is 0.161. The molecule has 0 radical (unpaired) electrons.